The highest BCUT2D eigenvalue weighted by Crippen LogP contribution is 2.43. The molecule has 1 rings (SSSR count). The van der Waals surface area contributed by atoms with E-state index in [1.807, 2.05) is 0 Å². The molecule has 0 aliphatic heterocycles. The molecule has 0 spiro atoms. The molecule has 1 aromatic rings. The summed E-state index contributed by atoms with van der Waals surface area (Å²) in [4.78, 5) is 10.8. The van der Waals surface area contributed by atoms with Crippen molar-refractivity contribution in [1.29, 1.82) is 0 Å². The third-order valence-corrected chi connectivity index (χ3v) is 3.18. The van der Waals surface area contributed by atoms with Crippen LogP contribution in [-0.2, 0) is 25.6 Å². The second-order valence-corrected chi connectivity index (χ2v) is 4.78. The van der Waals surface area contributed by atoms with Gasteiger partial charge in [-0.1, -0.05) is 0 Å². The molecular weight excluding hydrogens is 332 g/mol. The van der Waals surface area contributed by atoms with Gasteiger partial charge in [0.25, 0.3) is 0 Å². The van der Waals surface area contributed by atoms with Crippen molar-refractivity contribution in [2.45, 2.75) is 6.61 Å². The normalized spacial score (nSPS) is 10.9. The van der Waals surface area contributed by atoms with Gasteiger partial charge in [0.15, 0.2) is 18.3 Å². The molecule has 0 radical (unpaired) electrons. The van der Waals surface area contributed by atoms with Gasteiger partial charge in [0.2, 0.25) is 5.75 Å². The number of benzene rings is 1. The lowest BCUT2D eigenvalue weighted by molar-refractivity contribution is -0.131. The maximum atomic E-state index is 10.8. The van der Waals surface area contributed by atoms with Crippen molar-refractivity contribution >= 4 is 12.0 Å². The highest BCUT2D eigenvalue weighted by atomic mass is 16.7. The Morgan fingerprint density at radius 3 is 2.40 bits per heavy atom. The van der Waals surface area contributed by atoms with E-state index in [4.69, 9.17) is 33.5 Å². The van der Waals surface area contributed by atoms with Crippen LogP contribution in [0.2, 0.25) is 0 Å². The highest BCUT2D eigenvalue weighted by molar-refractivity contribution is 5.86. The van der Waals surface area contributed by atoms with Gasteiger partial charge >= 0.3 is 5.97 Å². The summed E-state index contributed by atoms with van der Waals surface area (Å²) in [5.74, 6) is 0.0637. The molecule has 25 heavy (non-hydrogen) atoms. The molecule has 0 fully saturated rings. The monoisotopic (exact) mass is 356 g/mol. The van der Waals surface area contributed by atoms with E-state index in [0.717, 1.165) is 6.08 Å². The van der Waals surface area contributed by atoms with Crippen molar-refractivity contribution in [2.24, 2.45) is 0 Å². The quantitative estimate of drug-likeness (QED) is 0.345. The number of ether oxygens (including phenoxy) is 6. The Hall–Kier alpha value is -2.29. The molecule has 1 N–H and O–H groups in total. The van der Waals surface area contributed by atoms with Crippen molar-refractivity contribution in [3.05, 3.63) is 23.3 Å². The molecule has 8 heteroatoms. The minimum atomic E-state index is -1.06. The maximum Gasteiger partial charge on any atom is 0.328 e. The minimum absolute atomic E-state index is 0.0210. The number of aliphatic carboxylic acids is 1. The Labute approximate surface area is 146 Å². The zero-order valence-corrected chi connectivity index (χ0v) is 14.9. The van der Waals surface area contributed by atoms with Gasteiger partial charge in [-0.15, -0.1) is 0 Å². The maximum absolute atomic E-state index is 10.8. The van der Waals surface area contributed by atoms with E-state index in [9.17, 15) is 4.79 Å². The first-order valence-electron chi connectivity index (χ1n) is 7.46. The summed E-state index contributed by atoms with van der Waals surface area (Å²) in [6.07, 6.45) is 2.47. The third kappa shape index (κ3) is 6.26. The molecule has 0 saturated heterocycles. The van der Waals surface area contributed by atoms with Crippen LogP contribution in [-0.4, -0.2) is 59.5 Å². The summed E-state index contributed by atoms with van der Waals surface area (Å²) in [6, 6.07) is 1.65. The summed E-state index contributed by atoms with van der Waals surface area (Å²) in [5.41, 5.74) is 1.22. The lowest BCUT2D eigenvalue weighted by Gasteiger charge is -2.19. The number of hydrogen-bond donors (Lipinski definition) is 1. The number of carboxylic acid groups (broad SMARTS) is 1. The Morgan fingerprint density at radius 1 is 1.08 bits per heavy atom. The van der Waals surface area contributed by atoms with Crippen LogP contribution in [0.4, 0.5) is 0 Å². The van der Waals surface area contributed by atoms with Crippen molar-refractivity contribution in [1.82, 2.24) is 0 Å². The second kappa shape index (κ2) is 11.3. The fraction of sp³-hybridized carbons (Fsp3) is 0.471. The van der Waals surface area contributed by atoms with Gasteiger partial charge in [-0.3, -0.25) is 0 Å². The third-order valence-electron chi connectivity index (χ3n) is 3.18. The lowest BCUT2D eigenvalue weighted by Crippen LogP contribution is -2.10. The van der Waals surface area contributed by atoms with Gasteiger partial charge in [0, 0.05) is 25.9 Å². The van der Waals surface area contributed by atoms with Crippen LogP contribution in [0.1, 0.15) is 11.1 Å². The number of hydrogen-bond acceptors (Lipinski definition) is 7. The van der Waals surface area contributed by atoms with Gasteiger partial charge in [-0.25, -0.2) is 4.79 Å². The molecule has 0 saturated carbocycles. The van der Waals surface area contributed by atoms with Gasteiger partial charge < -0.3 is 33.5 Å². The summed E-state index contributed by atoms with van der Waals surface area (Å²) in [5, 5.41) is 8.86. The lowest BCUT2D eigenvalue weighted by atomic mass is 10.0. The molecule has 0 atom stereocenters. The van der Waals surface area contributed by atoms with Gasteiger partial charge in [0.1, 0.15) is 0 Å². The highest BCUT2D eigenvalue weighted by Gasteiger charge is 2.20. The van der Waals surface area contributed by atoms with Crippen LogP contribution in [0.25, 0.3) is 6.08 Å². The van der Waals surface area contributed by atoms with Crippen LogP contribution in [0.3, 0.4) is 0 Å². The Balaban J connectivity index is 3.20. The first kappa shape index (κ1) is 20.8. The van der Waals surface area contributed by atoms with Crippen LogP contribution in [0.5, 0.6) is 17.2 Å². The van der Waals surface area contributed by atoms with Crippen LogP contribution in [0, 0.1) is 0 Å². The fourth-order valence-electron chi connectivity index (χ4n) is 2.08. The number of rotatable bonds is 12. The Bertz CT molecular complexity index is 583. The van der Waals surface area contributed by atoms with E-state index in [2.05, 4.69) is 0 Å². The minimum Gasteiger partial charge on any atom is -0.493 e. The van der Waals surface area contributed by atoms with E-state index in [1.165, 1.54) is 27.4 Å². The van der Waals surface area contributed by atoms with Gasteiger partial charge in [-0.2, -0.15) is 0 Å². The predicted octanol–water partition coefficient (Wildman–Crippen LogP) is 1.95. The van der Waals surface area contributed by atoms with E-state index in [1.54, 1.807) is 13.2 Å². The van der Waals surface area contributed by atoms with Crippen LogP contribution >= 0.6 is 0 Å². The predicted molar refractivity (Wildman–Crippen MR) is 90.3 cm³/mol. The van der Waals surface area contributed by atoms with Crippen molar-refractivity contribution < 1.29 is 38.3 Å². The molecule has 1 aromatic carbocycles. The van der Waals surface area contributed by atoms with Crippen molar-refractivity contribution in [3.8, 4) is 17.2 Å². The first-order valence-corrected chi connectivity index (χ1v) is 7.46. The largest absolute Gasteiger partial charge is 0.493 e. The van der Waals surface area contributed by atoms with Crippen LogP contribution in [0.15, 0.2) is 12.1 Å². The molecule has 0 aliphatic carbocycles. The standard InChI is InChI=1S/C17H24O8/c1-20-7-8-24-11-25-17-14(22-3)9-12(5-6-15(18)19)13(10-21-2)16(17)23-4/h5-6,9H,7-8,10-11H2,1-4H3,(H,18,19)/b6-5+. The summed E-state index contributed by atoms with van der Waals surface area (Å²) in [7, 11) is 6.07. The van der Waals surface area contributed by atoms with Gasteiger partial charge in [-0.05, 0) is 17.7 Å². The molecule has 8 nitrogen and oxygen atoms in total. The molecule has 0 aliphatic rings. The molecule has 0 unspecified atom stereocenters. The van der Waals surface area contributed by atoms with Crippen LogP contribution < -0.4 is 14.2 Å². The summed E-state index contributed by atoms with van der Waals surface area (Å²) < 4.78 is 31.8. The average molecular weight is 356 g/mol. The molecule has 0 heterocycles. The first-order chi connectivity index (χ1) is 12.1. The Kier molecular flexibility index (Phi) is 9.38. The second-order valence-electron chi connectivity index (χ2n) is 4.78. The number of carbonyl (C=O) groups is 1. The fourth-order valence-corrected chi connectivity index (χ4v) is 2.08. The van der Waals surface area contributed by atoms with Crippen molar-refractivity contribution in [2.75, 3.05) is 48.4 Å². The summed E-state index contributed by atoms with van der Waals surface area (Å²) >= 11 is 0. The molecule has 0 aromatic heterocycles. The van der Waals surface area contributed by atoms with E-state index < -0.39 is 5.97 Å². The Morgan fingerprint density at radius 2 is 1.84 bits per heavy atom. The number of methoxy groups -OCH3 is 4. The molecule has 140 valence electrons. The molecule has 0 amide bonds. The number of carboxylic acids is 1. The molecule has 0 bridgehead atoms. The topological polar surface area (TPSA) is 92.7 Å². The SMILES string of the molecule is COCCOCOc1c(OC)cc(/C=C/C(=O)O)c(COC)c1OC. The van der Waals surface area contributed by atoms with E-state index >= 15 is 0 Å². The smallest absolute Gasteiger partial charge is 0.328 e. The molecular formula is C17H24O8. The van der Waals surface area contributed by atoms with E-state index in [-0.39, 0.29) is 13.4 Å². The average Bonchev–Trinajstić information content (AvgIpc) is 2.60. The zero-order valence-electron chi connectivity index (χ0n) is 14.9. The van der Waals surface area contributed by atoms with Gasteiger partial charge in [0.05, 0.1) is 34.0 Å². The van der Waals surface area contributed by atoms with Crippen molar-refractivity contribution in [3.63, 3.8) is 0 Å². The summed E-state index contributed by atoms with van der Waals surface area (Å²) in [6.45, 7) is 1.01. The van der Waals surface area contributed by atoms with E-state index in [0.29, 0.717) is 41.6 Å². The zero-order chi connectivity index (χ0) is 18.7.